The number of carbonyl (C=O) groups is 1. The molecule has 34 heavy (non-hydrogen) atoms. The predicted molar refractivity (Wildman–Crippen MR) is 131 cm³/mol. The average molecular weight is 460 g/mol. The largest absolute Gasteiger partial charge is 0.353 e. The van der Waals surface area contributed by atoms with Crippen molar-refractivity contribution in [2.75, 3.05) is 32.7 Å². The number of hydrogen-bond donors (Lipinski definition) is 0. The van der Waals surface area contributed by atoms with E-state index in [0.717, 1.165) is 49.7 Å². The highest BCUT2D eigenvalue weighted by molar-refractivity contribution is 6.03. The molecule has 3 aromatic rings. The lowest BCUT2D eigenvalue weighted by Gasteiger charge is -2.35. The van der Waals surface area contributed by atoms with Crippen LogP contribution < -0.4 is 0 Å². The fraction of sp³-hybridized carbons (Fsp3) is 0.333. The van der Waals surface area contributed by atoms with Gasteiger partial charge < -0.3 is 4.57 Å². The van der Waals surface area contributed by atoms with Crippen molar-refractivity contribution in [3.8, 4) is 0 Å². The van der Waals surface area contributed by atoms with Crippen LogP contribution in [-0.4, -0.2) is 63.7 Å². The molecule has 176 valence electrons. The number of carbonyl (C=O) groups excluding carboxylic acids is 1. The summed E-state index contributed by atoms with van der Waals surface area (Å²) < 4.78 is 15.5. The summed E-state index contributed by atoms with van der Waals surface area (Å²) in [6.45, 7) is 4.88. The lowest BCUT2D eigenvalue weighted by atomic mass is 10.0. The molecule has 5 rings (SSSR count). The Kier molecular flexibility index (Phi) is 6.56. The Morgan fingerprint density at radius 3 is 2.32 bits per heavy atom. The molecule has 7 heteroatoms. The lowest BCUT2D eigenvalue weighted by molar-refractivity contribution is -0.134. The quantitative estimate of drug-likeness (QED) is 0.565. The van der Waals surface area contributed by atoms with Crippen LogP contribution in [0.5, 0.6) is 0 Å². The second-order valence-corrected chi connectivity index (χ2v) is 9.09. The molecule has 2 aliphatic heterocycles. The van der Waals surface area contributed by atoms with E-state index in [2.05, 4.69) is 34.1 Å². The van der Waals surface area contributed by atoms with Gasteiger partial charge in [0.25, 0.3) is 5.91 Å². The SMILES string of the molecule is Cn1cccc1C1CC(c2ccc(F)cc2)=NN1C(=O)CN1CCN(Cc2ccccc2)CC1. The van der Waals surface area contributed by atoms with Gasteiger partial charge in [0.15, 0.2) is 0 Å². The normalized spacial score (nSPS) is 19.4. The highest BCUT2D eigenvalue weighted by Gasteiger charge is 2.35. The molecule has 1 fully saturated rings. The first-order chi connectivity index (χ1) is 16.6. The molecule has 0 saturated carbocycles. The molecule has 0 bridgehead atoms. The van der Waals surface area contributed by atoms with Crippen LogP contribution in [0.3, 0.4) is 0 Å². The van der Waals surface area contributed by atoms with Gasteiger partial charge in [0.2, 0.25) is 0 Å². The topological polar surface area (TPSA) is 44.1 Å². The van der Waals surface area contributed by atoms with Crippen molar-refractivity contribution in [3.05, 3.63) is 95.6 Å². The average Bonchev–Trinajstić information content (AvgIpc) is 3.48. The predicted octanol–water partition coefficient (Wildman–Crippen LogP) is 3.66. The number of aromatic nitrogens is 1. The minimum absolute atomic E-state index is 0.000166. The van der Waals surface area contributed by atoms with Gasteiger partial charge in [-0.3, -0.25) is 14.6 Å². The summed E-state index contributed by atoms with van der Waals surface area (Å²) in [5.74, 6) is -0.277. The number of aryl methyl sites for hydroxylation is 1. The minimum Gasteiger partial charge on any atom is -0.353 e. The third-order valence-corrected chi connectivity index (χ3v) is 6.74. The van der Waals surface area contributed by atoms with Gasteiger partial charge in [-0.15, -0.1) is 0 Å². The van der Waals surface area contributed by atoms with E-state index in [1.165, 1.54) is 17.7 Å². The summed E-state index contributed by atoms with van der Waals surface area (Å²) >= 11 is 0. The Bertz CT molecular complexity index is 1150. The van der Waals surface area contributed by atoms with E-state index in [-0.39, 0.29) is 17.8 Å². The van der Waals surface area contributed by atoms with Crippen molar-refractivity contribution >= 4 is 11.6 Å². The van der Waals surface area contributed by atoms with E-state index >= 15 is 0 Å². The minimum atomic E-state index is -0.277. The van der Waals surface area contributed by atoms with E-state index < -0.39 is 0 Å². The molecular weight excluding hydrogens is 429 g/mol. The van der Waals surface area contributed by atoms with Crippen LogP contribution in [0.25, 0.3) is 0 Å². The first-order valence-electron chi connectivity index (χ1n) is 11.8. The molecule has 1 saturated heterocycles. The number of benzene rings is 2. The lowest BCUT2D eigenvalue weighted by Crippen LogP contribution is -2.49. The summed E-state index contributed by atoms with van der Waals surface area (Å²) in [5.41, 5.74) is 4.02. The number of hydrogen-bond acceptors (Lipinski definition) is 4. The highest BCUT2D eigenvalue weighted by atomic mass is 19.1. The van der Waals surface area contributed by atoms with Gasteiger partial charge in [-0.1, -0.05) is 42.5 Å². The molecule has 0 aliphatic carbocycles. The van der Waals surface area contributed by atoms with Gasteiger partial charge in [-0.05, 0) is 35.4 Å². The van der Waals surface area contributed by atoms with Crippen LogP contribution in [0, 0.1) is 5.82 Å². The molecule has 3 heterocycles. The number of nitrogens with zero attached hydrogens (tertiary/aromatic N) is 5. The molecule has 1 amide bonds. The fourth-order valence-corrected chi connectivity index (χ4v) is 4.82. The standard InChI is InChI=1S/C27H30FN5O/c1-30-13-5-8-25(30)26-18-24(22-9-11-23(28)12-10-22)29-33(26)27(34)20-32-16-14-31(15-17-32)19-21-6-3-2-4-7-21/h2-13,26H,14-20H2,1H3. The Labute approximate surface area is 199 Å². The van der Waals surface area contributed by atoms with Gasteiger partial charge in [0.05, 0.1) is 12.3 Å². The van der Waals surface area contributed by atoms with Crippen LogP contribution in [0.1, 0.15) is 29.3 Å². The van der Waals surface area contributed by atoms with Gasteiger partial charge in [0, 0.05) is 58.1 Å². The molecule has 1 atom stereocenters. The monoisotopic (exact) mass is 459 g/mol. The first kappa shape index (κ1) is 22.5. The van der Waals surface area contributed by atoms with Gasteiger partial charge >= 0.3 is 0 Å². The zero-order valence-electron chi connectivity index (χ0n) is 19.5. The maximum atomic E-state index is 13.4. The molecule has 0 N–H and O–H groups in total. The van der Waals surface area contributed by atoms with Crippen LogP contribution in [0.4, 0.5) is 4.39 Å². The van der Waals surface area contributed by atoms with Gasteiger partial charge in [0.1, 0.15) is 11.9 Å². The van der Waals surface area contributed by atoms with Crippen LogP contribution in [0.2, 0.25) is 0 Å². The third-order valence-electron chi connectivity index (χ3n) is 6.74. The second kappa shape index (κ2) is 9.91. The molecule has 2 aliphatic rings. The summed E-state index contributed by atoms with van der Waals surface area (Å²) in [6, 6.07) is 20.7. The third kappa shape index (κ3) is 4.95. The summed E-state index contributed by atoms with van der Waals surface area (Å²) in [5, 5.41) is 6.37. The summed E-state index contributed by atoms with van der Waals surface area (Å²) in [6.07, 6.45) is 2.60. The number of piperazine rings is 1. The maximum absolute atomic E-state index is 13.4. The van der Waals surface area contributed by atoms with Crippen molar-refractivity contribution in [1.29, 1.82) is 0 Å². The zero-order valence-corrected chi connectivity index (χ0v) is 19.5. The molecule has 1 unspecified atom stereocenters. The van der Waals surface area contributed by atoms with E-state index in [4.69, 9.17) is 5.10 Å². The van der Waals surface area contributed by atoms with Crippen molar-refractivity contribution in [3.63, 3.8) is 0 Å². The Balaban J connectivity index is 1.26. The summed E-state index contributed by atoms with van der Waals surface area (Å²) in [7, 11) is 1.99. The summed E-state index contributed by atoms with van der Waals surface area (Å²) in [4.78, 5) is 18.1. The van der Waals surface area contributed by atoms with Gasteiger partial charge in [-0.25, -0.2) is 9.40 Å². The van der Waals surface area contributed by atoms with E-state index in [1.54, 1.807) is 17.1 Å². The van der Waals surface area contributed by atoms with E-state index in [9.17, 15) is 9.18 Å². The molecule has 2 aromatic carbocycles. The highest BCUT2D eigenvalue weighted by Crippen LogP contribution is 2.33. The number of hydrazone groups is 1. The Morgan fingerprint density at radius 2 is 1.65 bits per heavy atom. The fourth-order valence-electron chi connectivity index (χ4n) is 4.82. The number of rotatable bonds is 6. The smallest absolute Gasteiger partial charge is 0.257 e. The van der Waals surface area contributed by atoms with Crippen LogP contribution in [0.15, 0.2) is 78.0 Å². The van der Waals surface area contributed by atoms with Crippen LogP contribution >= 0.6 is 0 Å². The van der Waals surface area contributed by atoms with E-state index in [0.29, 0.717) is 13.0 Å². The van der Waals surface area contributed by atoms with Crippen molar-refractivity contribution in [1.82, 2.24) is 19.4 Å². The Morgan fingerprint density at radius 1 is 0.941 bits per heavy atom. The number of amides is 1. The Hall–Kier alpha value is -3.29. The maximum Gasteiger partial charge on any atom is 0.257 e. The van der Waals surface area contributed by atoms with Crippen LogP contribution in [-0.2, 0) is 18.4 Å². The van der Waals surface area contributed by atoms with Crippen molar-refractivity contribution in [2.24, 2.45) is 12.1 Å². The molecule has 1 aromatic heterocycles. The van der Waals surface area contributed by atoms with Gasteiger partial charge in [-0.2, -0.15) is 5.10 Å². The van der Waals surface area contributed by atoms with Crippen molar-refractivity contribution in [2.45, 2.75) is 19.0 Å². The molecular formula is C27H30FN5O. The number of halogens is 1. The van der Waals surface area contributed by atoms with Crippen molar-refractivity contribution < 1.29 is 9.18 Å². The second-order valence-electron chi connectivity index (χ2n) is 9.09. The molecule has 0 spiro atoms. The molecule has 0 radical (unpaired) electrons. The van der Waals surface area contributed by atoms with E-state index in [1.807, 2.05) is 36.0 Å². The zero-order chi connectivity index (χ0) is 23.5. The molecule has 6 nitrogen and oxygen atoms in total. The first-order valence-corrected chi connectivity index (χ1v) is 11.8.